The number of nitrogens with one attached hydrogen (secondary N) is 2. The lowest BCUT2D eigenvalue weighted by molar-refractivity contribution is -0.121. The van der Waals surface area contributed by atoms with Gasteiger partial charge in [-0.1, -0.05) is 37.6 Å². The molecule has 21 heavy (non-hydrogen) atoms. The average Bonchev–Trinajstić information content (AvgIpc) is 2.50. The summed E-state index contributed by atoms with van der Waals surface area (Å²) < 4.78 is 0. The number of nitrogens with zero attached hydrogens (tertiary/aromatic N) is 1. The summed E-state index contributed by atoms with van der Waals surface area (Å²) in [5, 5.41) is 6.61. The van der Waals surface area contributed by atoms with Gasteiger partial charge in [0.25, 0.3) is 5.91 Å². The standard InChI is InChI=1S/C16H21N3O2/c1-2-3-12-4-6-13(7-5-12)10-11-17-16(21)14-8-9-15(20)19-18-14/h4-7H,2-3,8-11H2,1H3,(H,17,21)(H,19,20). The number of hydrogen-bond acceptors (Lipinski definition) is 3. The molecular weight excluding hydrogens is 266 g/mol. The Labute approximate surface area is 124 Å². The van der Waals surface area contributed by atoms with E-state index in [-0.39, 0.29) is 11.8 Å². The molecule has 1 aromatic rings. The highest BCUT2D eigenvalue weighted by atomic mass is 16.2. The minimum atomic E-state index is -0.197. The molecule has 2 amide bonds. The van der Waals surface area contributed by atoms with Crippen LogP contribution in [0, 0.1) is 0 Å². The Morgan fingerprint density at radius 2 is 1.86 bits per heavy atom. The monoisotopic (exact) mass is 287 g/mol. The number of benzene rings is 1. The minimum Gasteiger partial charge on any atom is -0.351 e. The highest BCUT2D eigenvalue weighted by Crippen LogP contribution is 2.07. The van der Waals surface area contributed by atoms with E-state index in [0.29, 0.717) is 25.1 Å². The van der Waals surface area contributed by atoms with Gasteiger partial charge < -0.3 is 5.32 Å². The van der Waals surface area contributed by atoms with Gasteiger partial charge >= 0.3 is 0 Å². The smallest absolute Gasteiger partial charge is 0.267 e. The fourth-order valence-corrected chi connectivity index (χ4v) is 2.22. The van der Waals surface area contributed by atoms with Crippen LogP contribution in [0.2, 0.25) is 0 Å². The Bertz CT molecular complexity index is 535. The van der Waals surface area contributed by atoms with E-state index in [1.807, 2.05) is 0 Å². The third-order valence-corrected chi connectivity index (χ3v) is 3.43. The van der Waals surface area contributed by atoms with Crippen molar-refractivity contribution in [2.24, 2.45) is 5.10 Å². The molecule has 0 spiro atoms. The summed E-state index contributed by atoms with van der Waals surface area (Å²) in [6.45, 7) is 2.73. The molecule has 5 heteroatoms. The van der Waals surface area contributed by atoms with Gasteiger partial charge in [0.05, 0.1) is 0 Å². The fraction of sp³-hybridized carbons (Fsp3) is 0.438. The van der Waals surface area contributed by atoms with Crippen LogP contribution in [0.1, 0.15) is 37.3 Å². The molecule has 0 aliphatic carbocycles. The SMILES string of the molecule is CCCc1ccc(CCNC(=O)C2=NNC(=O)CC2)cc1. The number of aryl methyl sites for hydroxylation is 1. The van der Waals surface area contributed by atoms with Crippen LogP contribution < -0.4 is 10.7 Å². The largest absolute Gasteiger partial charge is 0.351 e. The van der Waals surface area contributed by atoms with Gasteiger partial charge in [0, 0.05) is 19.4 Å². The lowest BCUT2D eigenvalue weighted by Crippen LogP contribution is -2.37. The minimum absolute atomic E-state index is 0.140. The Kier molecular flexibility index (Phi) is 5.49. The molecule has 0 radical (unpaired) electrons. The summed E-state index contributed by atoms with van der Waals surface area (Å²) in [6.07, 6.45) is 3.77. The Balaban J connectivity index is 1.76. The Hall–Kier alpha value is -2.17. The average molecular weight is 287 g/mol. The van der Waals surface area contributed by atoms with E-state index in [1.54, 1.807) is 0 Å². The molecule has 2 N–H and O–H groups in total. The molecule has 112 valence electrons. The topological polar surface area (TPSA) is 70.6 Å². The Morgan fingerprint density at radius 3 is 2.43 bits per heavy atom. The molecule has 1 aromatic carbocycles. The molecule has 0 saturated heterocycles. The number of rotatable bonds is 6. The van der Waals surface area contributed by atoms with Crippen LogP contribution in [0.5, 0.6) is 0 Å². The second-order valence-electron chi connectivity index (χ2n) is 5.17. The zero-order valence-corrected chi connectivity index (χ0v) is 12.3. The molecule has 1 aliphatic heterocycles. The zero-order valence-electron chi connectivity index (χ0n) is 12.3. The first kappa shape index (κ1) is 15.2. The number of carbonyl (C=O) groups excluding carboxylic acids is 2. The summed E-state index contributed by atoms with van der Waals surface area (Å²) in [7, 11) is 0. The van der Waals surface area contributed by atoms with Crippen molar-refractivity contribution in [3.8, 4) is 0 Å². The predicted molar refractivity (Wildman–Crippen MR) is 82.0 cm³/mol. The maximum atomic E-state index is 11.8. The van der Waals surface area contributed by atoms with Crippen LogP contribution in [0.25, 0.3) is 0 Å². The van der Waals surface area contributed by atoms with Crippen molar-refractivity contribution in [2.45, 2.75) is 39.0 Å². The van der Waals surface area contributed by atoms with Crippen LogP contribution >= 0.6 is 0 Å². The van der Waals surface area contributed by atoms with Gasteiger partial charge in [-0.05, 0) is 24.0 Å². The lowest BCUT2D eigenvalue weighted by Gasteiger charge is -2.12. The van der Waals surface area contributed by atoms with Gasteiger partial charge in [0.2, 0.25) is 5.91 Å². The Morgan fingerprint density at radius 1 is 1.19 bits per heavy atom. The van der Waals surface area contributed by atoms with Crippen LogP contribution in [0.4, 0.5) is 0 Å². The molecule has 5 nitrogen and oxygen atoms in total. The van der Waals surface area contributed by atoms with Gasteiger partial charge in [-0.15, -0.1) is 0 Å². The van der Waals surface area contributed by atoms with Gasteiger partial charge in [-0.3, -0.25) is 9.59 Å². The maximum Gasteiger partial charge on any atom is 0.267 e. The third-order valence-electron chi connectivity index (χ3n) is 3.43. The van der Waals surface area contributed by atoms with Gasteiger partial charge in [-0.25, -0.2) is 5.43 Å². The molecule has 0 bridgehead atoms. The normalized spacial score (nSPS) is 14.3. The van der Waals surface area contributed by atoms with Crippen molar-refractivity contribution in [3.05, 3.63) is 35.4 Å². The highest BCUT2D eigenvalue weighted by molar-refractivity contribution is 6.39. The lowest BCUT2D eigenvalue weighted by atomic mass is 10.1. The van der Waals surface area contributed by atoms with E-state index in [1.165, 1.54) is 11.1 Å². The highest BCUT2D eigenvalue weighted by Gasteiger charge is 2.17. The molecule has 0 fully saturated rings. The summed E-state index contributed by atoms with van der Waals surface area (Å²) in [5.41, 5.74) is 5.27. The first-order chi connectivity index (χ1) is 10.2. The summed E-state index contributed by atoms with van der Waals surface area (Å²) >= 11 is 0. The van der Waals surface area contributed by atoms with E-state index in [0.717, 1.165) is 19.3 Å². The van der Waals surface area contributed by atoms with Crippen LogP contribution in [0.3, 0.4) is 0 Å². The molecule has 0 saturated carbocycles. The summed E-state index contributed by atoms with van der Waals surface area (Å²) in [5.74, 6) is -0.337. The molecule has 1 aliphatic rings. The van der Waals surface area contributed by atoms with Crippen LogP contribution in [0.15, 0.2) is 29.4 Å². The van der Waals surface area contributed by atoms with Crippen LogP contribution in [-0.4, -0.2) is 24.1 Å². The first-order valence-corrected chi connectivity index (χ1v) is 7.40. The fourth-order valence-electron chi connectivity index (χ4n) is 2.22. The van der Waals surface area contributed by atoms with Gasteiger partial charge in [0.15, 0.2) is 0 Å². The molecule has 2 rings (SSSR count). The molecule has 1 heterocycles. The van der Waals surface area contributed by atoms with Crippen molar-refractivity contribution >= 4 is 17.5 Å². The summed E-state index contributed by atoms with van der Waals surface area (Å²) in [6, 6.07) is 8.49. The van der Waals surface area contributed by atoms with Crippen molar-refractivity contribution in [3.63, 3.8) is 0 Å². The van der Waals surface area contributed by atoms with Gasteiger partial charge in [-0.2, -0.15) is 5.10 Å². The number of hydrazone groups is 1. The summed E-state index contributed by atoms with van der Waals surface area (Å²) in [4.78, 5) is 22.8. The molecule has 0 unspecified atom stereocenters. The van der Waals surface area contributed by atoms with E-state index >= 15 is 0 Å². The second kappa shape index (κ2) is 7.57. The van der Waals surface area contributed by atoms with E-state index < -0.39 is 0 Å². The van der Waals surface area contributed by atoms with E-state index in [9.17, 15) is 9.59 Å². The van der Waals surface area contributed by atoms with E-state index in [4.69, 9.17) is 0 Å². The number of carbonyl (C=O) groups is 2. The third kappa shape index (κ3) is 4.70. The first-order valence-electron chi connectivity index (χ1n) is 7.40. The zero-order chi connectivity index (χ0) is 15.1. The van der Waals surface area contributed by atoms with Crippen molar-refractivity contribution in [1.82, 2.24) is 10.7 Å². The van der Waals surface area contributed by atoms with Crippen molar-refractivity contribution in [2.75, 3.05) is 6.54 Å². The quantitative estimate of drug-likeness (QED) is 0.833. The molecule has 0 atom stereocenters. The maximum absolute atomic E-state index is 11.8. The van der Waals surface area contributed by atoms with Crippen LogP contribution in [-0.2, 0) is 22.4 Å². The van der Waals surface area contributed by atoms with Crippen molar-refractivity contribution < 1.29 is 9.59 Å². The predicted octanol–water partition coefficient (Wildman–Crippen LogP) is 1.56. The van der Waals surface area contributed by atoms with Gasteiger partial charge in [0.1, 0.15) is 5.71 Å². The second-order valence-corrected chi connectivity index (χ2v) is 5.17. The molecular formula is C16H21N3O2. The number of amides is 2. The van der Waals surface area contributed by atoms with E-state index in [2.05, 4.69) is 47.0 Å². The number of hydrogen-bond donors (Lipinski definition) is 2. The van der Waals surface area contributed by atoms with Crippen molar-refractivity contribution in [1.29, 1.82) is 0 Å². The molecule has 0 aromatic heterocycles.